The zero-order chi connectivity index (χ0) is 47.0. The molecule has 374 valence electrons. The van der Waals surface area contributed by atoms with Crippen LogP contribution in [-0.2, 0) is 29.3 Å². The van der Waals surface area contributed by atoms with Crippen molar-refractivity contribution in [2.45, 2.75) is 287 Å². The molecule has 65 heavy (non-hydrogen) atoms. The molecule has 1 aliphatic rings. The molecule has 2 aromatic rings. The predicted molar refractivity (Wildman–Crippen MR) is 289 cm³/mol. The summed E-state index contributed by atoms with van der Waals surface area (Å²) in [6.45, 7) is 25.7. The van der Waals surface area contributed by atoms with Crippen LogP contribution in [0, 0.1) is 27.7 Å². The van der Waals surface area contributed by atoms with Crippen molar-refractivity contribution < 1.29 is 21.2 Å². The molecule has 1 heterocycles. The number of aryl methyl sites for hydroxylation is 4. The van der Waals surface area contributed by atoms with Crippen molar-refractivity contribution in [3.8, 4) is 0 Å². The van der Waals surface area contributed by atoms with E-state index in [0.29, 0.717) is 0 Å². The van der Waals surface area contributed by atoms with E-state index < -0.39 is 0 Å². The molecule has 0 bridgehead atoms. The number of hydrogen-bond acceptors (Lipinski definition) is 0. The van der Waals surface area contributed by atoms with Gasteiger partial charge in [-0.3, -0.25) is 0 Å². The van der Waals surface area contributed by atoms with Gasteiger partial charge in [-0.05, 0) is 101 Å². The summed E-state index contributed by atoms with van der Waals surface area (Å²) < 4.78 is 1.63. The summed E-state index contributed by atoms with van der Waals surface area (Å²) in [4.78, 5) is 0. The Balaban J connectivity index is 0.00000204. The fourth-order valence-electron chi connectivity index (χ4n) is 9.29. The number of allylic oxidation sites excluding steroid dienone is 2. The third-order valence-corrected chi connectivity index (χ3v) is 13.1. The fourth-order valence-corrected chi connectivity index (χ4v) is 9.29. The Bertz CT molecular complexity index is 1490. The van der Waals surface area contributed by atoms with Crippen molar-refractivity contribution in [1.82, 2.24) is 0 Å². The molecule has 0 aromatic heterocycles. The third-order valence-electron chi connectivity index (χ3n) is 13.1. The molecular formula is C62H106N2Ni. The first kappa shape index (κ1) is 63.0. The second kappa shape index (κ2) is 43.3. The number of benzene rings is 2. The summed E-state index contributed by atoms with van der Waals surface area (Å²) in [5.74, 6) is 0. The van der Waals surface area contributed by atoms with E-state index in [1.165, 1.54) is 224 Å². The third kappa shape index (κ3) is 28.8. The van der Waals surface area contributed by atoms with Crippen molar-refractivity contribution in [1.29, 1.82) is 0 Å². The van der Waals surface area contributed by atoms with Gasteiger partial charge < -0.3 is 19.4 Å². The molecule has 0 atom stereocenters. The minimum Gasteiger partial charge on any atom is -0.493 e. The maximum Gasteiger partial charge on any atom is 2.00 e. The van der Waals surface area contributed by atoms with E-state index in [0.717, 1.165) is 62.8 Å². The normalized spacial score (nSPS) is 12.3. The summed E-state index contributed by atoms with van der Waals surface area (Å²) >= 11 is 0. The topological polar surface area (TPSA) is 25.3 Å². The van der Waals surface area contributed by atoms with Crippen molar-refractivity contribution in [2.24, 2.45) is 0 Å². The molecule has 1 aliphatic heterocycles. The zero-order valence-electron chi connectivity index (χ0n) is 44.5. The average molecular weight is 938 g/mol. The smallest absolute Gasteiger partial charge is 0.493 e. The second-order valence-corrected chi connectivity index (χ2v) is 19.6. The molecule has 0 radical (unpaired) electrons. The van der Waals surface area contributed by atoms with Gasteiger partial charge >= 0.3 is 16.5 Å². The van der Waals surface area contributed by atoms with Crippen LogP contribution >= 0.6 is 0 Å². The quantitative estimate of drug-likeness (QED) is 0.0282. The fraction of sp³-hybridized carbons (Fsp3) is 0.710. The summed E-state index contributed by atoms with van der Waals surface area (Å²) in [5.41, 5.74) is 25.0. The molecule has 0 amide bonds. The Morgan fingerprint density at radius 1 is 0.354 bits per heavy atom. The van der Waals surface area contributed by atoms with Gasteiger partial charge in [0.15, 0.2) is 0 Å². The Morgan fingerprint density at radius 2 is 0.631 bits per heavy atom. The van der Waals surface area contributed by atoms with Gasteiger partial charge in [-0.25, -0.2) is 4.70 Å². The van der Waals surface area contributed by atoms with Crippen molar-refractivity contribution in [2.75, 3.05) is 0 Å². The first-order valence-electron chi connectivity index (χ1n) is 28.0. The van der Waals surface area contributed by atoms with Crippen LogP contribution in [0.5, 0.6) is 0 Å². The molecule has 0 saturated heterocycles. The van der Waals surface area contributed by atoms with Gasteiger partial charge in [0, 0.05) is 22.3 Å². The Labute approximate surface area is 417 Å². The van der Waals surface area contributed by atoms with Crippen LogP contribution in [0.25, 0.3) is 16.9 Å². The summed E-state index contributed by atoms with van der Waals surface area (Å²) in [5, 5.41) is 0. The molecular weight excluding hydrogens is 831 g/mol. The summed E-state index contributed by atoms with van der Waals surface area (Å²) in [6, 6.07) is 14.2. The maximum absolute atomic E-state index is 12.3. The predicted octanol–water partition coefficient (Wildman–Crippen LogP) is 21.6. The van der Waals surface area contributed by atoms with Gasteiger partial charge in [0.05, 0.1) is 0 Å². The molecule has 0 aliphatic carbocycles. The van der Waals surface area contributed by atoms with E-state index >= 15 is 0 Å². The molecule has 0 fully saturated rings. The van der Waals surface area contributed by atoms with Gasteiger partial charge in [-0.1, -0.05) is 232 Å². The molecule has 2 nitrogen and oxygen atoms in total. The summed E-state index contributed by atoms with van der Waals surface area (Å²) in [6.07, 6.45) is 46.1. The van der Waals surface area contributed by atoms with Crippen LogP contribution in [0.3, 0.4) is 0 Å². The van der Waals surface area contributed by atoms with E-state index in [9.17, 15) is 5.53 Å². The van der Waals surface area contributed by atoms with Crippen LogP contribution in [0.2, 0.25) is 0 Å². The Hall–Kier alpha value is -1.99. The molecule has 0 spiro atoms. The van der Waals surface area contributed by atoms with E-state index in [4.69, 9.17) is 0 Å². The van der Waals surface area contributed by atoms with E-state index in [1.54, 1.807) is 4.70 Å². The molecule has 3 rings (SSSR count). The standard InChI is InChI=1S/C46H72N2.2C8H17.Ni/c1-7-11-15-18-21-24-27-39-31-37(5)33-41(35-39)45-43(29-14-10-4)44(30-26-23-20-17-13-9-3)46(48(45)47)42-34-38(6)32-40(36-42)28-25-22-19-16-12-8-2;2*1-3-5-7-8-6-4-2;/h31-36H,7-30H2,1-6H3;2*1,3-8H2,2H3;/q;2*-1;+2. The molecule has 0 unspecified atom stereocenters. The first-order valence-corrected chi connectivity index (χ1v) is 28.0. The molecule has 3 heteroatoms. The second-order valence-electron chi connectivity index (χ2n) is 19.6. The van der Waals surface area contributed by atoms with Crippen molar-refractivity contribution >= 4 is 11.4 Å². The molecule has 0 saturated carbocycles. The van der Waals surface area contributed by atoms with Gasteiger partial charge in [0.1, 0.15) is 0 Å². The van der Waals surface area contributed by atoms with Crippen LogP contribution < -0.4 is 0 Å². The van der Waals surface area contributed by atoms with Gasteiger partial charge in [0.25, 0.3) is 0 Å². The zero-order valence-corrected chi connectivity index (χ0v) is 45.5. The molecule has 2 aromatic carbocycles. The number of rotatable bonds is 36. The summed E-state index contributed by atoms with van der Waals surface area (Å²) in [7, 11) is 0. The van der Waals surface area contributed by atoms with Crippen molar-refractivity contribution in [3.05, 3.63) is 100 Å². The van der Waals surface area contributed by atoms with E-state index in [-0.39, 0.29) is 16.5 Å². The van der Waals surface area contributed by atoms with Gasteiger partial charge in [-0.2, -0.15) is 12.8 Å². The van der Waals surface area contributed by atoms with Crippen LogP contribution in [0.4, 0.5) is 0 Å². The van der Waals surface area contributed by atoms with Crippen molar-refractivity contribution in [3.63, 3.8) is 0 Å². The minimum absolute atomic E-state index is 0. The van der Waals surface area contributed by atoms with Crippen LogP contribution in [0.15, 0.2) is 47.5 Å². The minimum atomic E-state index is 0. The van der Waals surface area contributed by atoms with Crippen LogP contribution in [-0.4, -0.2) is 4.70 Å². The number of hydrogen-bond donors (Lipinski definition) is 0. The number of nitrogens with zero attached hydrogens (tertiary/aromatic N) is 2. The van der Waals surface area contributed by atoms with Gasteiger partial charge in [-0.15, -0.1) is 0 Å². The Morgan fingerprint density at radius 3 is 0.954 bits per heavy atom. The van der Waals surface area contributed by atoms with Crippen LogP contribution in [0.1, 0.15) is 293 Å². The first-order chi connectivity index (χ1) is 31.3. The maximum atomic E-state index is 12.3. The average Bonchev–Trinajstić information content (AvgIpc) is 3.56. The SMILES string of the molecule is CCCCCCCCC1=C(c2cc(C)cc(CCCCCCCC)c2)[N+](=[N-])C(c2cc(C)cc(CCCCCCCC)c2)=C1CCCC.[CH2-]CCCCCCC.[CH2-]CCCCCCC.[Ni+2]. The monoisotopic (exact) mass is 937 g/mol. The number of unbranched alkanes of at least 4 members (excludes halogenated alkanes) is 26. The molecule has 0 N–H and O–H groups in total. The largest absolute Gasteiger partial charge is 2.00 e. The van der Waals surface area contributed by atoms with Gasteiger partial charge in [0.2, 0.25) is 11.4 Å². The van der Waals surface area contributed by atoms with E-state index in [2.05, 4.69) is 106 Å². The van der Waals surface area contributed by atoms with E-state index in [1.807, 2.05) is 0 Å². The Kier molecular flexibility index (Phi) is 42.0.